The molecule has 33 heavy (non-hydrogen) atoms. The summed E-state index contributed by atoms with van der Waals surface area (Å²) in [5.74, 6) is 0.780. The fraction of sp³-hybridized carbons (Fsp3) is 0.0323. The Labute approximate surface area is 193 Å². The van der Waals surface area contributed by atoms with Gasteiger partial charge < -0.3 is 0 Å². The molecule has 0 saturated heterocycles. The maximum atomic E-state index is 4.42. The van der Waals surface area contributed by atoms with Crippen LogP contribution < -0.4 is 0 Å². The van der Waals surface area contributed by atoms with Gasteiger partial charge in [0.25, 0.3) is 0 Å². The molecule has 0 bridgehead atoms. The fourth-order valence-corrected chi connectivity index (χ4v) is 4.73. The van der Waals surface area contributed by atoms with Gasteiger partial charge in [-0.2, -0.15) is 0 Å². The summed E-state index contributed by atoms with van der Waals surface area (Å²) in [5.41, 5.74) is 7.12. The van der Waals surface area contributed by atoms with Crippen molar-refractivity contribution in [1.29, 1.82) is 0 Å². The predicted octanol–water partition coefficient (Wildman–Crippen LogP) is 8.09. The van der Waals surface area contributed by atoms with Gasteiger partial charge in [-0.25, -0.2) is 9.97 Å². The molecule has 0 aliphatic carbocycles. The monoisotopic (exact) mass is 422 g/mol. The first kappa shape index (κ1) is 19.4. The quantitative estimate of drug-likeness (QED) is 0.269. The van der Waals surface area contributed by atoms with Crippen molar-refractivity contribution < 1.29 is 0 Å². The molecular formula is C31H22N2. The fourth-order valence-electron chi connectivity index (χ4n) is 4.73. The number of hydrogen-bond acceptors (Lipinski definition) is 2. The zero-order valence-corrected chi connectivity index (χ0v) is 18.4. The minimum absolute atomic E-state index is 0.780. The van der Waals surface area contributed by atoms with E-state index in [4.69, 9.17) is 0 Å². The van der Waals surface area contributed by atoms with E-state index in [2.05, 4.69) is 113 Å². The van der Waals surface area contributed by atoms with Crippen LogP contribution >= 0.6 is 0 Å². The number of hydrogen-bond donors (Lipinski definition) is 0. The van der Waals surface area contributed by atoms with E-state index in [0.29, 0.717) is 0 Å². The number of aryl methyl sites for hydroxylation is 1. The number of nitrogens with zero attached hydrogens (tertiary/aromatic N) is 2. The molecule has 0 atom stereocenters. The molecular weight excluding hydrogens is 400 g/mol. The minimum atomic E-state index is 0.780. The first-order chi connectivity index (χ1) is 16.3. The van der Waals surface area contributed by atoms with Gasteiger partial charge in [0.2, 0.25) is 0 Å². The molecule has 0 aliphatic heterocycles. The lowest BCUT2D eigenvalue weighted by molar-refractivity contribution is 1.06. The van der Waals surface area contributed by atoms with Crippen molar-refractivity contribution in [3.63, 3.8) is 0 Å². The van der Waals surface area contributed by atoms with Gasteiger partial charge in [-0.1, -0.05) is 97.1 Å². The summed E-state index contributed by atoms with van der Waals surface area (Å²) in [6, 6.07) is 36.9. The Morgan fingerprint density at radius 2 is 0.909 bits per heavy atom. The lowest BCUT2D eigenvalue weighted by atomic mass is 9.85. The van der Waals surface area contributed by atoms with E-state index in [-0.39, 0.29) is 0 Å². The highest BCUT2D eigenvalue weighted by Crippen LogP contribution is 2.44. The van der Waals surface area contributed by atoms with Crippen molar-refractivity contribution in [3.8, 4) is 33.4 Å². The molecule has 1 heterocycles. The normalized spacial score (nSPS) is 11.2. The average Bonchev–Trinajstić information content (AvgIpc) is 2.88. The molecule has 0 spiro atoms. The SMILES string of the molecule is Cc1ncc(-c2ccc3c(-c4ccccc4)c4ccccc4c(-c4ccccc4)c3c2)cn1. The van der Waals surface area contributed by atoms with E-state index in [1.54, 1.807) is 0 Å². The van der Waals surface area contributed by atoms with E-state index >= 15 is 0 Å². The highest BCUT2D eigenvalue weighted by atomic mass is 14.8. The Kier molecular flexibility index (Phi) is 4.70. The van der Waals surface area contributed by atoms with Crippen molar-refractivity contribution in [2.24, 2.45) is 0 Å². The van der Waals surface area contributed by atoms with Gasteiger partial charge in [0, 0.05) is 18.0 Å². The van der Waals surface area contributed by atoms with Crippen LogP contribution in [0.1, 0.15) is 5.82 Å². The van der Waals surface area contributed by atoms with Crippen molar-refractivity contribution in [1.82, 2.24) is 9.97 Å². The molecule has 5 aromatic carbocycles. The Bertz CT molecular complexity index is 1590. The van der Waals surface area contributed by atoms with Gasteiger partial charge in [-0.3, -0.25) is 0 Å². The standard InChI is InChI=1S/C31H22N2/c1-21-32-19-25(20-33-21)24-16-17-28-29(18-24)31(23-12-6-3-7-13-23)27-15-9-8-14-26(27)30(28)22-10-4-2-5-11-22/h2-20H,1H3. The first-order valence-electron chi connectivity index (χ1n) is 11.2. The highest BCUT2D eigenvalue weighted by Gasteiger charge is 2.17. The third-order valence-corrected chi connectivity index (χ3v) is 6.26. The molecule has 0 N–H and O–H groups in total. The van der Waals surface area contributed by atoms with Crippen LogP contribution in [0, 0.1) is 6.92 Å². The van der Waals surface area contributed by atoms with E-state index in [9.17, 15) is 0 Å². The number of aromatic nitrogens is 2. The van der Waals surface area contributed by atoms with Crippen LogP contribution in [0.5, 0.6) is 0 Å². The second-order valence-corrected chi connectivity index (χ2v) is 8.31. The summed E-state index contributed by atoms with van der Waals surface area (Å²) in [5, 5.41) is 5.00. The maximum Gasteiger partial charge on any atom is 0.125 e. The van der Waals surface area contributed by atoms with Crippen LogP contribution in [0.4, 0.5) is 0 Å². The van der Waals surface area contributed by atoms with Crippen LogP contribution in [0.3, 0.4) is 0 Å². The number of benzene rings is 5. The lowest BCUT2D eigenvalue weighted by Crippen LogP contribution is -1.92. The molecule has 0 saturated carbocycles. The zero-order valence-electron chi connectivity index (χ0n) is 18.4. The van der Waals surface area contributed by atoms with Gasteiger partial charge in [-0.05, 0) is 62.4 Å². The minimum Gasteiger partial charge on any atom is -0.241 e. The van der Waals surface area contributed by atoms with Gasteiger partial charge in [0.15, 0.2) is 0 Å². The molecule has 2 nitrogen and oxygen atoms in total. The zero-order chi connectivity index (χ0) is 22.2. The highest BCUT2D eigenvalue weighted by molar-refractivity contribution is 6.21. The third kappa shape index (κ3) is 3.37. The molecule has 156 valence electrons. The van der Waals surface area contributed by atoms with Crippen molar-refractivity contribution in [2.45, 2.75) is 6.92 Å². The van der Waals surface area contributed by atoms with E-state index in [1.807, 2.05) is 19.3 Å². The topological polar surface area (TPSA) is 25.8 Å². The average molecular weight is 423 g/mol. The summed E-state index contributed by atoms with van der Waals surface area (Å²) in [6.45, 7) is 1.91. The van der Waals surface area contributed by atoms with Crippen LogP contribution in [0.2, 0.25) is 0 Å². The molecule has 0 unspecified atom stereocenters. The van der Waals surface area contributed by atoms with Gasteiger partial charge in [-0.15, -0.1) is 0 Å². The predicted molar refractivity (Wildman–Crippen MR) is 138 cm³/mol. The van der Waals surface area contributed by atoms with E-state index < -0.39 is 0 Å². The second-order valence-electron chi connectivity index (χ2n) is 8.31. The molecule has 0 amide bonds. The van der Waals surface area contributed by atoms with Crippen LogP contribution in [0.25, 0.3) is 54.9 Å². The summed E-state index contributed by atoms with van der Waals surface area (Å²) in [6.07, 6.45) is 3.82. The number of fused-ring (bicyclic) bond motifs is 2. The van der Waals surface area contributed by atoms with Gasteiger partial charge in [0.05, 0.1) is 0 Å². The van der Waals surface area contributed by atoms with E-state index in [0.717, 1.165) is 17.0 Å². The summed E-state index contributed by atoms with van der Waals surface area (Å²) < 4.78 is 0. The largest absolute Gasteiger partial charge is 0.241 e. The van der Waals surface area contributed by atoms with Crippen LogP contribution in [-0.4, -0.2) is 9.97 Å². The Morgan fingerprint density at radius 3 is 1.48 bits per heavy atom. The molecule has 6 rings (SSSR count). The molecule has 0 fully saturated rings. The van der Waals surface area contributed by atoms with Crippen LogP contribution in [-0.2, 0) is 0 Å². The molecule has 1 aromatic heterocycles. The van der Waals surface area contributed by atoms with Gasteiger partial charge >= 0.3 is 0 Å². The lowest BCUT2D eigenvalue weighted by Gasteiger charge is -2.18. The number of rotatable bonds is 3. The molecule has 0 aliphatic rings. The first-order valence-corrected chi connectivity index (χ1v) is 11.2. The molecule has 6 aromatic rings. The third-order valence-electron chi connectivity index (χ3n) is 6.26. The Hall–Kier alpha value is -4.30. The Balaban J connectivity index is 1.77. The second kappa shape index (κ2) is 7.99. The van der Waals surface area contributed by atoms with Crippen molar-refractivity contribution in [2.75, 3.05) is 0 Å². The molecule has 0 radical (unpaired) electrons. The van der Waals surface area contributed by atoms with Crippen molar-refractivity contribution >= 4 is 21.5 Å². The summed E-state index contributed by atoms with van der Waals surface area (Å²) >= 11 is 0. The van der Waals surface area contributed by atoms with Crippen molar-refractivity contribution in [3.05, 3.63) is 121 Å². The maximum absolute atomic E-state index is 4.42. The van der Waals surface area contributed by atoms with Gasteiger partial charge in [0.1, 0.15) is 5.82 Å². The Morgan fingerprint density at radius 1 is 0.424 bits per heavy atom. The summed E-state index contributed by atoms with van der Waals surface area (Å²) in [7, 11) is 0. The summed E-state index contributed by atoms with van der Waals surface area (Å²) in [4.78, 5) is 8.84. The molecule has 2 heteroatoms. The van der Waals surface area contributed by atoms with Crippen LogP contribution in [0.15, 0.2) is 116 Å². The smallest absolute Gasteiger partial charge is 0.125 e. The van der Waals surface area contributed by atoms with E-state index in [1.165, 1.54) is 43.8 Å².